The molecule has 8 heteroatoms. The van der Waals surface area contributed by atoms with Gasteiger partial charge in [-0.3, -0.25) is 4.79 Å². The first kappa shape index (κ1) is 18.4. The fourth-order valence-corrected chi connectivity index (χ4v) is 4.36. The third kappa shape index (κ3) is 5.31. The zero-order valence-corrected chi connectivity index (χ0v) is 16.5. The molecule has 1 amide bonds. The number of halogens is 1. The topological polar surface area (TPSA) is 46.9 Å². The molecule has 0 fully saturated rings. The van der Waals surface area contributed by atoms with Gasteiger partial charge in [-0.2, -0.15) is 0 Å². The van der Waals surface area contributed by atoms with Gasteiger partial charge >= 0.3 is 0 Å². The minimum Gasteiger partial charge on any atom is -0.351 e. The van der Waals surface area contributed by atoms with Crippen LogP contribution in [-0.2, 0) is 4.79 Å². The van der Waals surface area contributed by atoms with E-state index in [-0.39, 0.29) is 16.7 Å². The van der Waals surface area contributed by atoms with Crippen molar-refractivity contribution in [2.24, 2.45) is 0 Å². The number of aromatic nitrogens is 2. The van der Waals surface area contributed by atoms with Crippen molar-refractivity contribution in [3.63, 3.8) is 0 Å². The largest absolute Gasteiger partial charge is 0.351 e. The molecule has 1 aromatic carbocycles. The van der Waals surface area contributed by atoms with E-state index in [1.165, 1.54) is 23.1 Å². The molecule has 1 unspecified atom stereocenters. The van der Waals surface area contributed by atoms with E-state index >= 15 is 0 Å². The fourth-order valence-electron chi connectivity index (χ4n) is 1.73. The highest BCUT2D eigenvalue weighted by atomic mass is 35.5. The lowest BCUT2D eigenvalue weighted by Crippen LogP contribution is -2.44. The summed E-state index contributed by atoms with van der Waals surface area (Å²) in [4.78, 5) is 12.2. The van der Waals surface area contributed by atoms with Gasteiger partial charge in [0.15, 0.2) is 8.29 Å². The molecule has 124 valence electrons. The Kier molecular flexibility index (Phi) is 5.89. The van der Waals surface area contributed by atoms with Crippen LogP contribution in [-0.4, -0.2) is 26.5 Å². The second-order valence-corrected chi connectivity index (χ2v) is 9.67. The Labute approximate surface area is 154 Å². The van der Waals surface area contributed by atoms with E-state index in [9.17, 15) is 4.79 Å². The van der Waals surface area contributed by atoms with E-state index in [4.69, 9.17) is 23.8 Å². The van der Waals surface area contributed by atoms with Crippen LogP contribution in [0.4, 0.5) is 0 Å². The molecular formula is C15H18ClN3OS3. The van der Waals surface area contributed by atoms with E-state index in [1.807, 2.05) is 39.8 Å². The van der Waals surface area contributed by atoms with E-state index in [0.717, 1.165) is 10.0 Å². The normalized spacial score (nSPS) is 12.9. The van der Waals surface area contributed by atoms with Crippen LogP contribution in [0.2, 0.25) is 5.02 Å². The molecule has 0 aliphatic heterocycles. The molecule has 23 heavy (non-hydrogen) atoms. The zero-order valence-electron chi connectivity index (χ0n) is 13.3. The quantitative estimate of drug-likeness (QED) is 0.609. The average molecular weight is 388 g/mol. The van der Waals surface area contributed by atoms with Crippen LogP contribution in [0.15, 0.2) is 28.6 Å². The maximum atomic E-state index is 12.2. The van der Waals surface area contributed by atoms with Crippen molar-refractivity contribution in [1.29, 1.82) is 0 Å². The van der Waals surface area contributed by atoms with Crippen molar-refractivity contribution in [2.45, 2.75) is 42.8 Å². The van der Waals surface area contributed by atoms with Crippen molar-refractivity contribution in [2.75, 3.05) is 0 Å². The van der Waals surface area contributed by atoms with Crippen LogP contribution in [0.3, 0.4) is 0 Å². The van der Waals surface area contributed by atoms with Crippen LogP contribution >= 0.6 is 46.9 Å². The number of benzene rings is 1. The number of rotatable bonds is 4. The second-order valence-electron chi connectivity index (χ2n) is 6.02. The first-order chi connectivity index (χ1) is 10.7. The Hall–Kier alpha value is -0.890. The van der Waals surface area contributed by atoms with Crippen LogP contribution in [0.5, 0.6) is 0 Å². The van der Waals surface area contributed by atoms with E-state index in [1.54, 1.807) is 16.8 Å². The fraction of sp³-hybridized carbons (Fsp3) is 0.400. The molecule has 0 spiro atoms. The number of carbonyl (C=O) groups is 1. The monoisotopic (exact) mass is 387 g/mol. The van der Waals surface area contributed by atoms with Crippen molar-refractivity contribution in [1.82, 2.24) is 15.1 Å². The van der Waals surface area contributed by atoms with Crippen molar-refractivity contribution in [3.8, 4) is 5.69 Å². The predicted molar refractivity (Wildman–Crippen MR) is 100 cm³/mol. The first-order valence-electron chi connectivity index (χ1n) is 7.00. The summed E-state index contributed by atoms with van der Waals surface area (Å²) in [7, 11) is 0. The van der Waals surface area contributed by atoms with Crippen molar-refractivity contribution in [3.05, 3.63) is 33.2 Å². The number of hydrogen-bond acceptors (Lipinski definition) is 5. The van der Waals surface area contributed by atoms with Gasteiger partial charge in [-0.15, -0.1) is 5.10 Å². The molecule has 1 aromatic heterocycles. The Morgan fingerprint density at radius 1 is 1.39 bits per heavy atom. The number of hydrogen-bond donors (Lipinski definition) is 1. The van der Waals surface area contributed by atoms with Gasteiger partial charge in [-0.1, -0.05) is 34.7 Å². The lowest BCUT2D eigenvalue weighted by Gasteiger charge is -2.22. The average Bonchev–Trinajstić information content (AvgIpc) is 2.78. The maximum Gasteiger partial charge on any atom is 0.233 e. The molecule has 4 nitrogen and oxygen atoms in total. The summed E-state index contributed by atoms with van der Waals surface area (Å²) in [6, 6.07) is 7.32. The minimum absolute atomic E-state index is 0.0124. The van der Waals surface area contributed by atoms with E-state index in [2.05, 4.69) is 10.4 Å². The van der Waals surface area contributed by atoms with Gasteiger partial charge in [0.05, 0.1) is 10.9 Å². The molecule has 0 aliphatic rings. The van der Waals surface area contributed by atoms with Crippen molar-refractivity contribution >= 4 is 52.8 Å². The van der Waals surface area contributed by atoms with Gasteiger partial charge in [-0.25, -0.2) is 4.68 Å². The van der Waals surface area contributed by atoms with Gasteiger partial charge in [0.2, 0.25) is 5.91 Å². The summed E-state index contributed by atoms with van der Waals surface area (Å²) in [6.45, 7) is 7.74. The molecule has 1 heterocycles. The number of thioether (sulfide) groups is 1. The standard InChI is InChI=1S/C15H18ClN3OS3/c1-9(12(20)17-15(2,3)4)22-13-18-19(14(21)23-13)11-7-5-10(16)6-8-11/h5-9H,1-4H3,(H,17,20). The van der Waals surface area contributed by atoms with E-state index < -0.39 is 0 Å². The lowest BCUT2D eigenvalue weighted by atomic mass is 10.1. The second kappa shape index (κ2) is 7.34. The number of nitrogens with one attached hydrogen (secondary N) is 1. The van der Waals surface area contributed by atoms with Crippen LogP contribution in [0, 0.1) is 3.95 Å². The molecular weight excluding hydrogens is 370 g/mol. The van der Waals surface area contributed by atoms with E-state index in [0.29, 0.717) is 8.98 Å². The smallest absolute Gasteiger partial charge is 0.233 e. The highest BCUT2D eigenvalue weighted by Crippen LogP contribution is 2.28. The minimum atomic E-state index is -0.249. The zero-order chi connectivity index (χ0) is 17.2. The summed E-state index contributed by atoms with van der Waals surface area (Å²) < 4.78 is 3.09. The number of carbonyl (C=O) groups excluding carboxylic acids is 1. The molecule has 0 saturated carbocycles. The molecule has 1 atom stereocenters. The Balaban J connectivity index is 2.13. The Morgan fingerprint density at radius 2 is 2.00 bits per heavy atom. The molecule has 0 aliphatic carbocycles. The van der Waals surface area contributed by atoms with Gasteiger partial charge in [0, 0.05) is 10.6 Å². The number of amides is 1. The van der Waals surface area contributed by atoms with Gasteiger partial charge in [0.1, 0.15) is 0 Å². The third-order valence-electron chi connectivity index (χ3n) is 2.75. The van der Waals surface area contributed by atoms with Crippen LogP contribution < -0.4 is 5.32 Å². The Bertz CT molecular complexity index is 747. The molecule has 0 saturated heterocycles. The summed E-state index contributed by atoms with van der Waals surface area (Å²) in [5.74, 6) is -0.0124. The highest BCUT2D eigenvalue weighted by Gasteiger charge is 2.21. The summed E-state index contributed by atoms with van der Waals surface area (Å²) in [5.41, 5.74) is 0.607. The Morgan fingerprint density at radius 3 is 2.57 bits per heavy atom. The third-order valence-corrected chi connectivity index (χ3v) is 5.41. The SMILES string of the molecule is CC(Sc1nn(-c2ccc(Cl)cc2)c(=S)s1)C(=O)NC(C)(C)C. The molecule has 1 N–H and O–H groups in total. The van der Waals surface area contributed by atoms with Crippen molar-refractivity contribution < 1.29 is 4.79 Å². The van der Waals surface area contributed by atoms with Gasteiger partial charge in [-0.05, 0) is 64.2 Å². The number of nitrogens with zero attached hydrogens (tertiary/aromatic N) is 2. The molecule has 0 bridgehead atoms. The lowest BCUT2D eigenvalue weighted by molar-refractivity contribution is -0.121. The highest BCUT2D eigenvalue weighted by molar-refractivity contribution is 8.02. The summed E-state index contributed by atoms with van der Waals surface area (Å²) in [6.07, 6.45) is 0. The van der Waals surface area contributed by atoms with Gasteiger partial charge in [0.25, 0.3) is 0 Å². The molecule has 2 rings (SSSR count). The van der Waals surface area contributed by atoms with Crippen LogP contribution in [0.1, 0.15) is 27.7 Å². The maximum absolute atomic E-state index is 12.2. The molecule has 0 radical (unpaired) electrons. The van der Waals surface area contributed by atoms with Crippen LogP contribution in [0.25, 0.3) is 5.69 Å². The summed E-state index contributed by atoms with van der Waals surface area (Å²) in [5, 5.41) is 7.89. The predicted octanol–water partition coefficient (Wildman–Crippen LogP) is 4.71. The summed E-state index contributed by atoms with van der Waals surface area (Å²) >= 11 is 14.1. The first-order valence-corrected chi connectivity index (χ1v) is 9.49. The van der Waals surface area contributed by atoms with Gasteiger partial charge < -0.3 is 5.32 Å². The molecule has 2 aromatic rings.